The fourth-order valence-electron chi connectivity index (χ4n) is 3.83. The van der Waals surface area contributed by atoms with E-state index in [1.54, 1.807) is 48.5 Å². The molecule has 2 aromatic carbocycles. The average Bonchev–Trinajstić information content (AvgIpc) is 2.94. The van der Waals surface area contributed by atoms with E-state index in [-0.39, 0.29) is 28.5 Å². The number of pyridine rings is 3. The summed E-state index contributed by atoms with van der Waals surface area (Å²) in [5.74, 6) is -0.758. The van der Waals surface area contributed by atoms with Crippen molar-refractivity contribution in [3.63, 3.8) is 0 Å². The Bertz CT molecular complexity index is 1730. The van der Waals surface area contributed by atoms with Crippen LogP contribution in [0, 0.1) is 5.82 Å². The van der Waals surface area contributed by atoms with Gasteiger partial charge in [-0.15, -0.1) is 0 Å². The fourth-order valence-corrected chi connectivity index (χ4v) is 3.83. The number of para-hydroxylation sites is 1. The Kier molecular flexibility index (Phi) is 6.60. The Labute approximate surface area is 215 Å². The molecule has 0 aliphatic rings. The summed E-state index contributed by atoms with van der Waals surface area (Å²) in [5, 5.41) is 5.69. The molecule has 0 aliphatic carbocycles. The van der Waals surface area contributed by atoms with Gasteiger partial charge in [-0.3, -0.25) is 23.9 Å². The maximum absolute atomic E-state index is 14.6. The second-order valence-electron chi connectivity index (χ2n) is 8.10. The summed E-state index contributed by atoms with van der Waals surface area (Å²) in [7, 11) is 1.51. The molecule has 0 aliphatic heterocycles. The van der Waals surface area contributed by atoms with Crippen molar-refractivity contribution in [2.75, 3.05) is 12.4 Å². The monoisotopic (exact) mass is 509 g/mol. The molecule has 0 saturated carbocycles. The number of halogens is 1. The minimum Gasteiger partial charge on any atom is -0.457 e. The van der Waals surface area contributed by atoms with E-state index in [1.165, 1.54) is 49.8 Å². The van der Waals surface area contributed by atoms with E-state index in [0.717, 1.165) is 4.57 Å². The minimum atomic E-state index is -0.705. The first kappa shape index (κ1) is 24.3. The van der Waals surface area contributed by atoms with Gasteiger partial charge < -0.3 is 15.4 Å². The number of hydrogen-bond acceptors (Lipinski definition) is 6. The van der Waals surface area contributed by atoms with Gasteiger partial charge in [0, 0.05) is 36.6 Å². The molecule has 9 nitrogen and oxygen atoms in total. The van der Waals surface area contributed by atoms with E-state index in [2.05, 4.69) is 20.6 Å². The number of hydrogen-bond donors (Lipinski definition) is 2. The van der Waals surface area contributed by atoms with Gasteiger partial charge in [0.1, 0.15) is 34.2 Å². The highest BCUT2D eigenvalue weighted by atomic mass is 19.1. The van der Waals surface area contributed by atoms with E-state index in [9.17, 15) is 18.8 Å². The molecule has 2 amide bonds. The maximum atomic E-state index is 14.6. The zero-order chi connectivity index (χ0) is 26.6. The molecule has 3 heterocycles. The number of carbonyl (C=O) groups is 2. The van der Waals surface area contributed by atoms with E-state index in [1.807, 2.05) is 0 Å². The Hall–Kier alpha value is -5.38. The van der Waals surface area contributed by atoms with Gasteiger partial charge in [0.05, 0.1) is 5.69 Å². The molecule has 188 valence electrons. The van der Waals surface area contributed by atoms with Gasteiger partial charge in [-0.1, -0.05) is 12.1 Å². The molecular weight excluding hydrogens is 489 g/mol. The second-order valence-corrected chi connectivity index (χ2v) is 8.10. The molecule has 0 bridgehead atoms. The Morgan fingerprint density at radius 1 is 0.868 bits per heavy atom. The quantitative estimate of drug-likeness (QED) is 0.352. The van der Waals surface area contributed by atoms with Gasteiger partial charge in [-0.25, -0.2) is 9.37 Å². The molecule has 5 aromatic rings. The number of amides is 2. The third kappa shape index (κ3) is 4.82. The maximum Gasteiger partial charge on any atom is 0.269 e. The second kappa shape index (κ2) is 10.3. The lowest BCUT2D eigenvalue weighted by atomic mass is 10.1. The summed E-state index contributed by atoms with van der Waals surface area (Å²) in [6, 6.07) is 20.1. The molecule has 38 heavy (non-hydrogen) atoms. The number of carbonyl (C=O) groups excluding carboxylic acids is 2. The molecule has 0 unspecified atom stereocenters. The van der Waals surface area contributed by atoms with Crippen molar-refractivity contribution in [1.29, 1.82) is 0 Å². The van der Waals surface area contributed by atoms with Crippen LogP contribution in [0.25, 0.3) is 16.7 Å². The molecule has 0 spiro atoms. The average molecular weight is 509 g/mol. The number of fused-ring (bicyclic) bond motifs is 1. The van der Waals surface area contributed by atoms with Crippen LogP contribution < -0.4 is 20.9 Å². The van der Waals surface area contributed by atoms with Crippen molar-refractivity contribution < 1.29 is 18.7 Å². The van der Waals surface area contributed by atoms with Crippen LogP contribution in [0.5, 0.6) is 11.5 Å². The Balaban J connectivity index is 1.41. The molecule has 0 atom stereocenters. The van der Waals surface area contributed by atoms with E-state index in [4.69, 9.17) is 4.74 Å². The number of benzene rings is 2. The first-order valence-corrected chi connectivity index (χ1v) is 11.5. The molecular formula is C28H20FN5O4. The van der Waals surface area contributed by atoms with E-state index in [0.29, 0.717) is 22.6 Å². The van der Waals surface area contributed by atoms with Crippen LogP contribution in [-0.2, 0) is 0 Å². The highest BCUT2D eigenvalue weighted by Gasteiger charge is 2.19. The zero-order valence-corrected chi connectivity index (χ0v) is 20.0. The smallest absolute Gasteiger partial charge is 0.269 e. The fraction of sp³-hybridized carbons (Fsp3) is 0.0357. The molecule has 5 rings (SSSR count). The van der Waals surface area contributed by atoms with Crippen molar-refractivity contribution in [3.8, 4) is 17.2 Å². The topological polar surface area (TPSA) is 115 Å². The summed E-state index contributed by atoms with van der Waals surface area (Å²) in [6.45, 7) is 0. The number of nitrogens with zero attached hydrogens (tertiary/aromatic N) is 3. The first-order chi connectivity index (χ1) is 18.4. The standard InChI is InChI=1S/C28H20FN5O4/c1-30-27(36)23-16-20(12-14-31-23)38-19-10-8-18(9-11-19)33-26(35)21-15-17-5-4-13-32-25(17)34(28(21)37)24-7-3-2-6-22(24)29/h2-16H,1H3,(H,30,36)(H,33,35). The first-order valence-electron chi connectivity index (χ1n) is 11.5. The largest absolute Gasteiger partial charge is 0.457 e. The van der Waals surface area contributed by atoms with Gasteiger partial charge in [0.2, 0.25) is 0 Å². The van der Waals surface area contributed by atoms with Crippen LogP contribution >= 0.6 is 0 Å². The van der Waals surface area contributed by atoms with E-state index >= 15 is 0 Å². The van der Waals surface area contributed by atoms with Crippen molar-refractivity contribution in [2.24, 2.45) is 0 Å². The van der Waals surface area contributed by atoms with E-state index < -0.39 is 17.3 Å². The number of anilines is 1. The van der Waals surface area contributed by atoms with Crippen LogP contribution in [0.3, 0.4) is 0 Å². The highest BCUT2D eigenvalue weighted by molar-refractivity contribution is 6.05. The molecule has 3 aromatic heterocycles. The van der Waals surface area contributed by atoms with Crippen LogP contribution in [-0.4, -0.2) is 33.4 Å². The SMILES string of the molecule is CNC(=O)c1cc(Oc2ccc(NC(=O)c3cc4cccnc4n(-c4ccccc4F)c3=O)cc2)ccn1. The van der Waals surface area contributed by atoms with Gasteiger partial charge in [0.25, 0.3) is 17.4 Å². The third-order valence-electron chi connectivity index (χ3n) is 5.64. The van der Waals surface area contributed by atoms with Crippen molar-refractivity contribution in [2.45, 2.75) is 0 Å². The minimum absolute atomic E-state index is 0.00645. The summed E-state index contributed by atoms with van der Waals surface area (Å²) in [4.78, 5) is 46.5. The van der Waals surface area contributed by atoms with Gasteiger partial charge in [-0.05, 0) is 60.7 Å². The summed E-state index contributed by atoms with van der Waals surface area (Å²) >= 11 is 0. The molecule has 0 fully saturated rings. The third-order valence-corrected chi connectivity index (χ3v) is 5.64. The number of rotatable bonds is 6. The van der Waals surface area contributed by atoms with Crippen LogP contribution in [0.4, 0.5) is 10.1 Å². The van der Waals surface area contributed by atoms with Gasteiger partial charge in [0.15, 0.2) is 0 Å². The molecule has 0 saturated heterocycles. The molecule has 10 heteroatoms. The van der Waals surface area contributed by atoms with Crippen molar-refractivity contribution >= 4 is 28.5 Å². The predicted molar refractivity (Wildman–Crippen MR) is 139 cm³/mol. The Morgan fingerprint density at radius 3 is 2.42 bits per heavy atom. The molecule has 0 radical (unpaired) electrons. The Morgan fingerprint density at radius 2 is 1.66 bits per heavy atom. The highest BCUT2D eigenvalue weighted by Crippen LogP contribution is 2.24. The summed E-state index contributed by atoms with van der Waals surface area (Å²) in [6.07, 6.45) is 2.95. The van der Waals surface area contributed by atoms with Crippen molar-refractivity contribution in [1.82, 2.24) is 19.9 Å². The van der Waals surface area contributed by atoms with Crippen molar-refractivity contribution in [3.05, 3.63) is 119 Å². The lowest BCUT2D eigenvalue weighted by Crippen LogP contribution is -2.29. The zero-order valence-electron chi connectivity index (χ0n) is 20.0. The van der Waals surface area contributed by atoms with Crippen LogP contribution in [0.1, 0.15) is 20.8 Å². The normalized spacial score (nSPS) is 10.7. The summed E-state index contributed by atoms with van der Waals surface area (Å²) < 4.78 is 21.5. The lowest BCUT2D eigenvalue weighted by Gasteiger charge is -2.13. The predicted octanol–water partition coefficient (Wildman–Crippen LogP) is 4.32. The lowest BCUT2D eigenvalue weighted by molar-refractivity contribution is 0.0957. The molecule has 2 N–H and O–H groups in total. The summed E-state index contributed by atoms with van der Waals surface area (Å²) in [5.41, 5.74) is -0.0351. The van der Waals surface area contributed by atoms with Gasteiger partial charge >= 0.3 is 0 Å². The number of aromatic nitrogens is 3. The number of nitrogens with one attached hydrogen (secondary N) is 2. The van der Waals surface area contributed by atoms with Crippen LogP contribution in [0.2, 0.25) is 0 Å². The number of ether oxygens (including phenoxy) is 1. The van der Waals surface area contributed by atoms with Gasteiger partial charge in [-0.2, -0.15) is 0 Å². The van der Waals surface area contributed by atoms with Crippen LogP contribution in [0.15, 0.2) is 96.1 Å².